The Morgan fingerprint density at radius 3 is 2.50 bits per heavy atom. The molecule has 0 bridgehead atoms. The van der Waals surface area contributed by atoms with Crippen LogP contribution in [0.15, 0.2) is 36.4 Å². The lowest BCUT2D eigenvalue weighted by atomic mass is 9.97. The van der Waals surface area contributed by atoms with Gasteiger partial charge in [-0.1, -0.05) is 30.3 Å². The number of benzene rings is 2. The summed E-state index contributed by atoms with van der Waals surface area (Å²) in [5, 5.41) is 15.0. The van der Waals surface area contributed by atoms with Gasteiger partial charge in [-0.2, -0.15) is 0 Å². The molecular formula is C16H19FN2O. The number of alkyl halides is 1. The number of fused-ring (bicyclic) bond motifs is 1. The standard InChI is InChI=1S/C16H19FN2O/c17-11-15(19-9-7-18-8-10-19)13-5-6-16(20)14-4-2-1-3-12(13)14/h1-6,15,18,20H,7-11H2/t15-/m1/s1. The first-order valence-corrected chi connectivity index (χ1v) is 7.02. The third kappa shape index (κ3) is 2.37. The van der Waals surface area contributed by atoms with Crippen LogP contribution in [0.25, 0.3) is 10.8 Å². The molecular weight excluding hydrogens is 255 g/mol. The summed E-state index contributed by atoms with van der Waals surface area (Å²) in [6, 6.07) is 10.9. The Hall–Kier alpha value is -1.65. The number of halogens is 1. The van der Waals surface area contributed by atoms with E-state index in [-0.39, 0.29) is 11.8 Å². The maximum Gasteiger partial charge on any atom is 0.123 e. The topological polar surface area (TPSA) is 35.5 Å². The van der Waals surface area contributed by atoms with E-state index in [0.717, 1.165) is 42.5 Å². The Balaban J connectivity index is 2.05. The molecule has 1 aliphatic rings. The van der Waals surface area contributed by atoms with Crippen LogP contribution in [0, 0.1) is 0 Å². The largest absolute Gasteiger partial charge is 0.507 e. The number of hydrogen-bond acceptors (Lipinski definition) is 3. The second-order valence-corrected chi connectivity index (χ2v) is 5.18. The first kappa shape index (κ1) is 13.3. The maximum atomic E-state index is 13.6. The number of phenolic OH excluding ortho intramolecular Hbond substituents is 1. The zero-order chi connectivity index (χ0) is 13.9. The van der Waals surface area contributed by atoms with Crippen LogP contribution in [-0.4, -0.2) is 42.9 Å². The number of nitrogens with zero attached hydrogens (tertiary/aromatic N) is 1. The predicted octanol–water partition coefficient (Wildman–Crippen LogP) is 2.46. The summed E-state index contributed by atoms with van der Waals surface area (Å²) in [6.45, 7) is 3.08. The van der Waals surface area contributed by atoms with Gasteiger partial charge in [-0.15, -0.1) is 0 Å². The minimum atomic E-state index is -0.408. The molecule has 1 heterocycles. The van der Waals surface area contributed by atoms with Crippen molar-refractivity contribution in [1.82, 2.24) is 10.2 Å². The van der Waals surface area contributed by atoms with Crippen LogP contribution in [0.3, 0.4) is 0 Å². The molecule has 1 atom stereocenters. The fourth-order valence-corrected chi connectivity index (χ4v) is 2.97. The van der Waals surface area contributed by atoms with Crippen molar-refractivity contribution in [3.8, 4) is 5.75 Å². The monoisotopic (exact) mass is 274 g/mol. The third-order valence-corrected chi connectivity index (χ3v) is 4.03. The minimum absolute atomic E-state index is 0.234. The second kappa shape index (κ2) is 5.77. The lowest BCUT2D eigenvalue weighted by molar-refractivity contribution is 0.148. The SMILES string of the molecule is Oc1ccc([C@@H](CF)N2CCNCC2)c2ccccc12. The summed E-state index contributed by atoms with van der Waals surface area (Å²) < 4.78 is 13.6. The van der Waals surface area contributed by atoms with Gasteiger partial charge in [0.2, 0.25) is 0 Å². The number of phenols is 1. The summed E-state index contributed by atoms with van der Waals surface area (Å²) in [5.41, 5.74) is 0.961. The van der Waals surface area contributed by atoms with Gasteiger partial charge in [0.05, 0.1) is 6.04 Å². The first-order chi connectivity index (χ1) is 9.81. The molecule has 0 spiro atoms. The number of rotatable bonds is 3. The highest BCUT2D eigenvalue weighted by Gasteiger charge is 2.24. The molecule has 3 rings (SSSR count). The van der Waals surface area contributed by atoms with Gasteiger partial charge in [-0.05, 0) is 17.0 Å². The lowest BCUT2D eigenvalue weighted by Gasteiger charge is -2.34. The molecule has 1 saturated heterocycles. The van der Waals surface area contributed by atoms with E-state index >= 15 is 0 Å². The third-order valence-electron chi connectivity index (χ3n) is 4.03. The zero-order valence-corrected chi connectivity index (χ0v) is 11.3. The molecule has 0 amide bonds. The molecule has 2 N–H and O–H groups in total. The summed E-state index contributed by atoms with van der Waals surface area (Å²) in [5.74, 6) is 0.252. The molecule has 1 aliphatic heterocycles. The average molecular weight is 274 g/mol. The van der Waals surface area contributed by atoms with E-state index in [2.05, 4.69) is 10.2 Å². The average Bonchev–Trinajstić information content (AvgIpc) is 2.52. The highest BCUT2D eigenvalue weighted by atomic mass is 19.1. The van der Waals surface area contributed by atoms with Gasteiger partial charge in [0, 0.05) is 31.6 Å². The summed E-state index contributed by atoms with van der Waals surface area (Å²) >= 11 is 0. The Kier molecular flexibility index (Phi) is 3.85. The number of piperazine rings is 1. The van der Waals surface area contributed by atoms with Crippen LogP contribution < -0.4 is 5.32 Å². The van der Waals surface area contributed by atoms with Crippen molar-refractivity contribution in [2.75, 3.05) is 32.9 Å². The molecule has 3 nitrogen and oxygen atoms in total. The highest BCUT2D eigenvalue weighted by Crippen LogP contribution is 2.33. The normalized spacial score (nSPS) is 18.2. The molecule has 0 aliphatic carbocycles. The van der Waals surface area contributed by atoms with E-state index in [1.54, 1.807) is 6.07 Å². The van der Waals surface area contributed by atoms with Crippen molar-refractivity contribution in [3.63, 3.8) is 0 Å². The quantitative estimate of drug-likeness (QED) is 0.902. The van der Waals surface area contributed by atoms with E-state index in [9.17, 15) is 9.50 Å². The van der Waals surface area contributed by atoms with Crippen molar-refractivity contribution < 1.29 is 9.50 Å². The van der Waals surface area contributed by atoms with Crippen molar-refractivity contribution in [2.24, 2.45) is 0 Å². The van der Waals surface area contributed by atoms with Gasteiger partial charge in [0.25, 0.3) is 0 Å². The van der Waals surface area contributed by atoms with Crippen molar-refractivity contribution in [3.05, 3.63) is 42.0 Å². The van der Waals surface area contributed by atoms with Crippen molar-refractivity contribution >= 4 is 10.8 Å². The molecule has 0 aromatic heterocycles. The first-order valence-electron chi connectivity index (χ1n) is 7.02. The van der Waals surface area contributed by atoms with E-state index < -0.39 is 6.67 Å². The Labute approximate surface area is 118 Å². The summed E-state index contributed by atoms with van der Waals surface area (Å²) in [6.07, 6.45) is 0. The van der Waals surface area contributed by atoms with Crippen molar-refractivity contribution in [1.29, 1.82) is 0 Å². The fourth-order valence-electron chi connectivity index (χ4n) is 2.97. The fraction of sp³-hybridized carbons (Fsp3) is 0.375. The van der Waals surface area contributed by atoms with E-state index in [1.165, 1.54) is 0 Å². The molecule has 20 heavy (non-hydrogen) atoms. The number of nitrogens with one attached hydrogen (secondary N) is 1. The van der Waals surface area contributed by atoms with E-state index in [4.69, 9.17) is 0 Å². The number of hydrogen-bond donors (Lipinski definition) is 2. The summed E-state index contributed by atoms with van der Waals surface area (Å²) in [4.78, 5) is 2.18. The van der Waals surface area contributed by atoms with Crippen LogP contribution in [-0.2, 0) is 0 Å². The van der Waals surface area contributed by atoms with Crippen LogP contribution in [0.2, 0.25) is 0 Å². The van der Waals surface area contributed by atoms with Gasteiger partial charge in [0.1, 0.15) is 12.4 Å². The molecule has 0 saturated carbocycles. The van der Waals surface area contributed by atoms with Gasteiger partial charge in [-0.3, -0.25) is 4.90 Å². The molecule has 4 heteroatoms. The molecule has 0 radical (unpaired) electrons. The molecule has 2 aromatic rings. The van der Waals surface area contributed by atoms with Crippen LogP contribution in [0.1, 0.15) is 11.6 Å². The van der Waals surface area contributed by atoms with Gasteiger partial charge >= 0.3 is 0 Å². The molecule has 2 aromatic carbocycles. The van der Waals surface area contributed by atoms with Gasteiger partial charge in [-0.25, -0.2) is 4.39 Å². The van der Waals surface area contributed by atoms with E-state index in [0.29, 0.717) is 0 Å². The predicted molar refractivity (Wildman–Crippen MR) is 78.8 cm³/mol. The van der Waals surface area contributed by atoms with Crippen LogP contribution in [0.5, 0.6) is 5.75 Å². The lowest BCUT2D eigenvalue weighted by Crippen LogP contribution is -2.45. The van der Waals surface area contributed by atoms with E-state index in [1.807, 2.05) is 30.3 Å². The van der Waals surface area contributed by atoms with Gasteiger partial charge < -0.3 is 10.4 Å². The van der Waals surface area contributed by atoms with Crippen LogP contribution >= 0.6 is 0 Å². The minimum Gasteiger partial charge on any atom is -0.507 e. The highest BCUT2D eigenvalue weighted by molar-refractivity contribution is 5.91. The zero-order valence-electron chi connectivity index (χ0n) is 11.3. The smallest absolute Gasteiger partial charge is 0.123 e. The molecule has 0 unspecified atom stereocenters. The van der Waals surface area contributed by atoms with Gasteiger partial charge in [0.15, 0.2) is 0 Å². The maximum absolute atomic E-state index is 13.6. The second-order valence-electron chi connectivity index (χ2n) is 5.18. The molecule has 106 valence electrons. The Bertz CT molecular complexity index is 596. The Morgan fingerprint density at radius 1 is 1.10 bits per heavy atom. The Morgan fingerprint density at radius 2 is 1.80 bits per heavy atom. The molecule has 1 fully saturated rings. The summed E-state index contributed by atoms with van der Waals surface area (Å²) in [7, 11) is 0. The number of aromatic hydroxyl groups is 1. The van der Waals surface area contributed by atoms with Crippen molar-refractivity contribution in [2.45, 2.75) is 6.04 Å². The van der Waals surface area contributed by atoms with Crippen LogP contribution in [0.4, 0.5) is 4.39 Å².